The number of aliphatic hydroxyl groups excluding tert-OH is 2. The molecule has 2 aromatic heterocycles. The molecule has 0 saturated carbocycles. The number of ether oxygens (including phenoxy) is 2. The fourth-order valence-electron chi connectivity index (χ4n) is 3.13. The second-order valence-corrected chi connectivity index (χ2v) is 7.46. The van der Waals surface area contributed by atoms with Gasteiger partial charge in [0, 0.05) is 26.9 Å². The summed E-state index contributed by atoms with van der Waals surface area (Å²) in [6, 6.07) is 0. The van der Waals surface area contributed by atoms with Gasteiger partial charge in [0.25, 0.3) is 5.56 Å². The molecule has 3 rings (SSSR count). The summed E-state index contributed by atoms with van der Waals surface area (Å²) >= 11 is 0. The Morgan fingerprint density at radius 2 is 2.00 bits per heavy atom. The summed E-state index contributed by atoms with van der Waals surface area (Å²) in [6.45, 7) is 1.42. The number of carbonyl (C=O) groups excluding carboxylic acids is 2. The van der Waals surface area contributed by atoms with Crippen LogP contribution in [0.3, 0.4) is 0 Å². The van der Waals surface area contributed by atoms with Crippen LogP contribution in [-0.2, 0) is 26.1 Å². The van der Waals surface area contributed by atoms with Crippen molar-refractivity contribution in [3.05, 3.63) is 10.4 Å². The largest absolute Gasteiger partial charge is 0.463 e. The maximum absolute atomic E-state index is 13.0. The molecule has 14 nitrogen and oxygen atoms in total. The number of nitrogens with zero attached hydrogens (tertiary/aromatic N) is 6. The molecule has 0 radical (unpaired) electrons. The second-order valence-electron chi connectivity index (χ2n) is 7.46. The number of hydrogen-bond acceptors (Lipinski definition) is 11. The highest BCUT2D eigenvalue weighted by atomic mass is 16.6. The Kier molecular flexibility index (Phi) is 6.64. The van der Waals surface area contributed by atoms with Gasteiger partial charge in [-0.2, -0.15) is 9.78 Å². The van der Waals surface area contributed by atoms with Gasteiger partial charge in [-0.05, 0) is 14.1 Å². The third-order valence-corrected chi connectivity index (χ3v) is 4.75. The van der Waals surface area contributed by atoms with E-state index in [9.17, 15) is 24.6 Å². The van der Waals surface area contributed by atoms with Crippen molar-refractivity contribution in [2.45, 2.75) is 37.9 Å². The molecule has 1 aliphatic rings. The molecule has 0 bridgehead atoms. The Balaban J connectivity index is 1.86. The smallest absolute Gasteiger partial charge is 0.302 e. The van der Waals surface area contributed by atoms with Crippen molar-refractivity contribution in [2.75, 3.05) is 32.6 Å². The second kappa shape index (κ2) is 9.05. The van der Waals surface area contributed by atoms with Crippen LogP contribution in [0.4, 0.5) is 5.82 Å². The van der Waals surface area contributed by atoms with Crippen LogP contribution in [0, 0.1) is 0 Å². The molecule has 3 heterocycles. The first kappa shape index (κ1) is 22.7. The van der Waals surface area contributed by atoms with Gasteiger partial charge in [-0.25, -0.2) is 0 Å². The zero-order valence-corrected chi connectivity index (χ0v) is 17.5. The van der Waals surface area contributed by atoms with Gasteiger partial charge in [0.15, 0.2) is 23.1 Å². The molecule has 4 atom stereocenters. The van der Waals surface area contributed by atoms with Crippen LogP contribution in [-0.4, -0.2) is 97.3 Å². The molecular weight excluding hydrogens is 414 g/mol. The topological polar surface area (TPSA) is 174 Å². The zero-order valence-electron chi connectivity index (χ0n) is 17.5. The normalized spacial score (nSPS) is 23.5. The predicted octanol–water partition coefficient (Wildman–Crippen LogP) is -2.40. The standard InChI is InChI=1S/C17H25N7O7/c1-8(25)30-7-9-13(27)14(28)17(31-9)24-16(29)12-11(19-21-24)15(20-23(12)4)18-10(26)5-6-22(2)3/h9,13-14,17,27-28H,5-7H2,1-4H3,(H,18,20,26). The Morgan fingerprint density at radius 1 is 1.29 bits per heavy atom. The van der Waals surface area contributed by atoms with Crippen LogP contribution < -0.4 is 10.9 Å². The minimum atomic E-state index is -1.51. The highest BCUT2D eigenvalue weighted by molar-refractivity contribution is 5.97. The Labute approximate surface area is 176 Å². The van der Waals surface area contributed by atoms with Crippen molar-refractivity contribution in [2.24, 2.45) is 7.05 Å². The molecule has 1 fully saturated rings. The number of amides is 1. The maximum Gasteiger partial charge on any atom is 0.302 e. The molecule has 170 valence electrons. The molecule has 1 aliphatic heterocycles. The van der Waals surface area contributed by atoms with Crippen molar-refractivity contribution in [1.82, 2.24) is 29.7 Å². The SMILES string of the molecule is CC(=O)OCC1OC(n2nnc3c(NC(=O)CCN(C)C)nn(C)c3c2=O)C(O)C1O. The van der Waals surface area contributed by atoms with E-state index in [2.05, 4.69) is 20.7 Å². The van der Waals surface area contributed by atoms with Crippen molar-refractivity contribution in [1.29, 1.82) is 0 Å². The van der Waals surface area contributed by atoms with Gasteiger partial charge in [-0.15, -0.1) is 5.10 Å². The minimum absolute atomic E-state index is 0.0200. The number of anilines is 1. The van der Waals surface area contributed by atoms with Gasteiger partial charge in [-0.3, -0.25) is 19.1 Å². The average Bonchev–Trinajstić information content (AvgIpc) is 3.16. The van der Waals surface area contributed by atoms with Gasteiger partial charge in [-0.1, -0.05) is 5.21 Å². The van der Waals surface area contributed by atoms with Crippen LogP contribution >= 0.6 is 0 Å². The quantitative estimate of drug-likeness (QED) is 0.392. The summed E-state index contributed by atoms with van der Waals surface area (Å²) in [7, 11) is 5.17. The lowest BCUT2D eigenvalue weighted by atomic mass is 10.1. The summed E-state index contributed by atoms with van der Waals surface area (Å²) in [4.78, 5) is 38.0. The third kappa shape index (κ3) is 4.71. The van der Waals surface area contributed by atoms with Crippen LogP contribution in [0.15, 0.2) is 4.79 Å². The molecular formula is C17H25N7O7. The van der Waals surface area contributed by atoms with Crippen LogP contribution in [0.1, 0.15) is 19.6 Å². The minimum Gasteiger partial charge on any atom is -0.463 e. The number of aryl methyl sites for hydroxylation is 1. The average molecular weight is 439 g/mol. The number of carbonyl (C=O) groups is 2. The maximum atomic E-state index is 13.0. The fourth-order valence-corrected chi connectivity index (χ4v) is 3.13. The predicted molar refractivity (Wildman–Crippen MR) is 105 cm³/mol. The van der Waals surface area contributed by atoms with Crippen LogP contribution in [0.5, 0.6) is 0 Å². The zero-order chi connectivity index (χ0) is 22.9. The van der Waals surface area contributed by atoms with E-state index in [1.165, 1.54) is 18.7 Å². The summed E-state index contributed by atoms with van der Waals surface area (Å²) in [5.74, 6) is -0.800. The number of aromatic nitrogens is 5. The van der Waals surface area contributed by atoms with Gasteiger partial charge in [0.1, 0.15) is 24.9 Å². The summed E-state index contributed by atoms with van der Waals surface area (Å²) in [5.41, 5.74) is -0.601. The highest BCUT2D eigenvalue weighted by Gasteiger charge is 2.45. The lowest BCUT2D eigenvalue weighted by Crippen LogP contribution is -2.37. The van der Waals surface area contributed by atoms with E-state index in [1.807, 2.05) is 19.0 Å². The number of esters is 1. The van der Waals surface area contributed by atoms with Crippen LogP contribution in [0.25, 0.3) is 11.0 Å². The van der Waals surface area contributed by atoms with Gasteiger partial charge < -0.3 is 29.9 Å². The van der Waals surface area contributed by atoms with Crippen molar-refractivity contribution in [3.63, 3.8) is 0 Å². The Hall–Kier alpha value is -2.94. The first-order chi connectivity index (χ1) is 14.6. The van der Waals surface area contributed by atoms with Gasteiger partial charge in [0.2, 0.25) is 5.91 Å². The Morgan fingerprint density at radius 3 is 2.65 bits per heavy atom. The molecule has 3 N–H and O–H groups in total. The molecule has 0 spiro atoms. The van der Waals surface area contributed by atoms with Gasteiger partial charge >= 0.3 is 5.97 Å². The number of aliphatic hydroxyl groups is 2. The molecule has 0 aromatic carbocycles. The van der Waals surface area contributed by atoms with E-state index in [0.29, 0.717) is 6.54 Å². The first-order valence-corrected chi connectivity index (χ1v) is 9.52. The van der Waals surface area contributed by atoms with Crippen molar-refractivity contribution in [3.8, 4) is 0 Å². The molecule has 2 aromatic rings. The van der Waals surface area contributed by atoms with E-state index >= 15 is 0 Å². The number of hydrogen-bond donors (Lipinski definition) is 3. The summed E-state index contributed by atoms with van der Waals surface area (Å²) in [6.07, 6.45) is -5.10. The third-order valence-electron chi connectivity index (χ3n) is 4.75. The molecule has 1 saturated heterocycles. The van der Waals surface area contributed by atoms with E-state index in [0.717, 1.165) is 4.68 Å². The van der Waals surface area contributed by atoms with Gasteiger partial charge in [0.05, 0.1) is 0 Å². The lowest BCUT2D eigenvalue weighted by Gasteiger charge is -2.15. The molecule has 14 heteroatoms. The fraction of sp³-hybridized carbons (Fsp3) is 0.647. The molecule has 31 heavy (non-hydrogen) atoms. The number of rotatable bonds is 7. The molecule has 4 unspecified atom stereocenters. The van der Waals surface area contributed by atoms with E-state index < -0.39 is 36.1 Å². The Bertz CT molecular complexity index is 1030. The monoisotopic (exact) mass is 439 g/mol. The van der Waals surface area contributed by atoms with E-state index in [-0.39, 0.29) is 35.8 Å². The molecule has 1 amide bonds. The van der Waals surface area contributed by atoms with E-state index in [1.54, 1.807) is 0 Å². The van der Waals surface area contributed by atoms with Crippen LogP contribution in [0.2, 0.25) is 0 Å². The first-order valence-electron chi connectivity index (χ1n) is 9.52. The summed E-state index contributed by atoms with van der Waals surface area (Å²) in [5, 5.41) is 35.0. The number of nitrogens with one attached hydrogen (secondary N) is 1. The lowest BCUT2D eigenvalue weighted by molar-refractivity contribution is -0.147. The van der Waals surface area contributed by atoms with E-state index in [4.69, 9.17) is 9.47 Å². The number of fused-ring (bicyclic) bond motifs is 1. The van der Waals surface area contributed by atoms with Crippen molar-refractivity contribution >= 4 is 28.7 Å². The molecule has 0 aliphatic carbocycles. The highest BCUT2D eigenvalue weighted by Crippen LogP contribution is 2.28. The van der Waals surface area contributed by atoms with Crippen molar-refractivity contribution < 1.29 is 29.3 Å². The summed E-state index contributed by atoms with van der Waals surface area (Å²) < 4.78 is 12.3.